The van der Waals surface area contributed by atoms with E-state index in [0.717, 1.165) is 24.4 Å². The van der Waals surface area contributed by atoms with Crippen LogP contribution in [-0.2, 0) is 0 Å². The first-order valence-electron chi connectivity index (χ1n) is 7.98. The average molecular weight is 291 g/mol. The van der Waals surface area contributed by atoms with Gasteiger partial charge in [0.25, 0.3) is 0 Å². The third-order valence-corrected chi connectivity index (χ3v) is 4.98. The molecule has 0 radical (unpaired) electrons. The van der Waals surface area contributed by atoms with Crippen LogP contribution in [0.3, 0.4) is 0 Å². The lowest BCUT2D eigenvalue weighted by Crippen LogP contribution is -2.36. The number of carbonyl (C=O) groups is 1. The van der Waals surface area contributed by atoms with Gasteiger partial charge in [-0.15, -0.1) is 0 Å². The maximum Gasteiger partial charge on any atom is 0.161 e. The number of halogens is 1. The van der Waals surface area contributed by atoms with Crippen LogP contribution in [0.2, 0.25) is 0 Å². The Labute approximate surface area is 127 Å². The van der Waals surface area contributed by atoms with Crippen LogP contribution in [0, 0.1) is 18.7 Å². The molecule has 1 aromatic rings. The maximum atomic E-state index is 13.8. The summed E-state index contributed by atoms with van der Waals surface area (Å²) in [6.07, 6.45) is 6.07. The summed E-state index contributed by atoms with van der Waals surface area (Å²) < 4.78 is 13.8. The summed E-state index contributed by atoms with van der Waals surface area (Å²) in [5.74, 6) is 0.474. The van der Waals surface area contributed by atoms with Crippen molar-refractivity contribution < 1.29 is 9.18 Å². The molecule has 21 heavy (non-hydrogen) atoms. The van der Waals surface area contributed by atoms with Crippen molar-refractivity contribution in [3.63, 3.8) is 0 Å². The molecule has 0 heterocycles. The molecule has 1 saturated carbocycles. The quantitative estimate of drug-likeness (QED) is 0.747. The molecule has 0 saturated heterocycles. The van der Waals surface area contributed by atoms with Gasteiger partial charge in [0.1, 0.15) is 5.82 Å². The Morgan fingerprint density at radius 1 is 1.29 bits per heavy atom. The predicted octanol–water partition coefficient (Wildman–Crippen LogP) is 4.74. The molecule has 116 valence electrons. The highest BCUT2D eigenvalue weighted by molar-refractivity contribution is 6.00. The fourth-order valence-electron chi connectivity index (χ4n) is 3.38. The van der Waals surface area contributed by atoms with Gasteiger partial charge in [0, 0.05) is 24.3 Å². The molecule has 1 aliphatic carbocycles. The summed E-state index contributed by atoms with van der Waals surface area (Å²) in [4.78, 5) is 14.0. The highest BCUT2D eigenvalue weighted by Gasteiger charge is 2.25. The third kappa shape index (κ3) is 3.45. The number of ketones is 1. The van der Waals surface area contributed by atoms with E-state index < -0.39 is 0 Å². The van der Waals surface area contributed by atoms with E-state index in [1.807, 2.05) is 13.1 Å². The predicted molar refractivity (Wildman–Crippen MR) is 85.6 cm³/mol. The molecule has 1 aromatic carbocycles. The molecule has 0 aliphatic heterocycles. The first-order chi connectivity index (χ1) is 9.93. The van der Waals surface area contributed by atoms with E-state index >= 15 is 0 Å². The molecule has 0 atom stereocenters. The van der Waals surface area contributed by atoms with E-state index in [1.54, 1.807) is 6.92 Å². The summed E-state index contributed by atoms with van der Waals surface area (Å²) in [6.45, 7) is 5.52. The minimum atomic E-state index is -0.299. The van der Waals surface area contributed by atoms with Crippen molar-refractivity contribution in [3.05, 3.63) is 29.1 Å². The van der Waals surface area contributed by atoms with Gasteiger partial charge in [0.15, 0.2) is 5.78 Å². The van der Waals surface area contributed by atoms with Gasteiger partial charge in [-0.1, -0.05) is 13.3 Å². The van der Waals surface area contributed by atoms with Crippen LogP contribution < -0.4 is 4.90 Å². The first kappa shape index (κ1) is 16.0. The normalized spacial score (nSPS) is 22.1. The van der Waals surface area contributed by atoms with E-state index in [9.17, 15) is 9.18 Å². The zero-order chi connectivity index (χ0) is 15.6. The van der Waals surface area contributed by atoms with E-state index in [4.69, 9.17) is 0 Å². The summed E-state index contributed by atoms with van der Waals surface area (Å²) in [7, 11) is 2.04. The number of benzene rings is 1. The standard InChI is InChI=1S/C18H26FNO/c1-5-14-6-8-15(9-7-14)20(4)18-10-12(2)17(19)11-16(18)13(3)21/h10-11,14-15H,5-9H2,1-4H3. The molecular formula is C18H26FNO. The van der Waals surface area contributed by atoms with Crippen molar-refractivity contribution >= 4 is 11.5 Å². The smallest absolute Gasteiger partial charge is 0.161 e. The molecule has 0 spiro atoms. The number of nitrogens with zero attached hydrogens (tertiary/aromatic N) is 1. The Kier molecular flexibility index (Phi) is 5.02. The maximum absolute atomic E-state index is 13.8. The number of carbonyl (C=O) groups excluding carboxylic acids is 1. The van der Waals surface area contributed by atoms with Crippen LogP contribution >= 0.6 is 0 Å². The molecule has 3 heteroatoms. The van der Waals surface area contributed by atoms with Crippen molar-refractivity contribution in [2.45, 2.75) is 58.9 Å². The number of hydrogen-bond donors (Lipinski definition) is 0. The second-order valence-corrected chi connectivity index (χ2v) is 6.37. The van der Waals surface area contributed by atoms with Gasteiger partial charge in [-0.25, -0.2) is 4.39 Å². The van der Waals surface area contributed by atoms with Crippen molar-refractivity contribution in [1.29, 1.82) is 0 Å². The third-order valence-electron chi connectivity index (χ3n) is 4.98. The first-order valence-corrected chi connectivity index (χ1v) is 7.98. The Bertz CT molecular complexity index is 518. The zero-order valence-corrected chi connectivity index (χ0v) is 13.6. The Morgan fingerprint density at radius 2 is 1.90 bits per heavy atom. The number of Topliss-reactive ketones (excluding diaryl/α,β-unsaturated/α-hetero) is 1. The van der Waals surface area contributed by atoms with Crippen LogP contribution in [0.25, 0.3) is 0 Å². The van der Waals surface area contributed by atoms with Crippen molar-refractivity contribution in [2.24, 2.45) is 5.92 Å². The minimum absolute atomic E-state index is 0.0713. The highest BCUT2D eigenvalue weighted by Crippen LogP contribution is 2.33. The zero-order valence-electron chi connectivity index (χ0n) is 13.6. The van der Waals surface area contributed by atoms with Gasteiger partial charge < -0.3 is 4.90 Å². The number of hydrogen-bond acceptors (Lipinski definition) is 2. The lowest BCUT2D eigenvalue weighted by Gasteiger charge is -2.36. The van der Waals surface area contributed by atoms with Gasteiger partial charge >= 0.3 is 0 Å². The summed E-state index contributed by atoms with van der Waals surface area (Å²) in [6, 6.07) is 3.66. The minimum Gasteiger partial charge on any atom is -0.371 e. The summed E-state index contributed by atoms with van der Waals surface area (Å²) in [5.41, 5.74) is 1.98. The van der Waals surface area contributed by atoms with Crippen LogP contribution in [0.15, 0.2) is 12.1 Å². The van der Waals surface area contributed by atoms with Gasteiger partial charge in [-0.3, -0.25) is 4.79 Å². The SMILES string of the molecule is CCC1CCC(N(C)c2cc(C)c(F)cc2C(C)=O)CC1. The second kappa shape index (κ2) is 6.59. The van der Waals surface area contributed by atoms with Gasteiger partial charge in [-0.05, 0) is 63.1 Å². The molecule has 0 unspecified atom stereocenters. The molecule has 0 amide bonds. The fraction of sp³-hybridized carbons (Fsp3) is 0.611. The van der Waals surface area contributed by atoms with E-state index in [1.165, 1.54) is 32.3 Å². The largest absolute Gasteiger partial charge is 0.371 e. The van der Waals surface area contributed by atoms with Crippen molar-refractivity contribution in [3.8, 4) is 0 Å². The molecule has 0 N–H and O–H groups in total. The summed E-state index contributed by atoms with van der Waals surface area (Å²) in [5, 5.41) is 0. The van der Waals surface area contributed by atoms with E-state index in [-0.39, 0.29) is 11.6 Å². The van der Waals surface area contributed by atoms with E-state index in [2.05, 4.69) is 11.8 Å². The lowest BCUT2D eigenvalue weighted by atomic mass is 9.83. The average Bonchev–Trinajstić information content (AvgIpc) is 2.48. The molecular weight excluding hydrogens is 265 g/mol. The molecule has 0 aromatic heterocycles. The highest BCUT2D eigenvalue weighted by atomic mass is 19.1. The molecule has 0 bridgehead atoms. The number of aryl methyl sites for hydroxylation is 1. The number of anilines is 1. The van der Waals surface area contributed by atoms with Gasteiger partial charge in [-0.2, -0.15) is 0 Å². The Balaban J connectivity index is 2.24. The van der Waals surface area contributed by atoms with Crippen molar-refractivity contribution in [2.75, 3.05) is 11.9 Å². The Hall–Kier alpha value is -1.38. The van der Waals surface area contributed by atoms with Crippen molar-refractivity contribution in [1.82, 2.24) is 0 Å². The van der Waals surface area contributed by atoms with Crippen LogP contribution in [0.1, 0.15) is 61.9 Å². The molecule has 1 aliphatic rings. The topological polar surface area (TPSA) is 20.3 Å². The summed E-state index contributed by atoms with van der Waals surface area (Å²) >= 11 is 0. The molecule has 2 nitrogen and oxygen atoms in total. The van der Waals surface area contributed by atoms with E-state index in [0.29, 0.717) is 17.2 Å². The van der Waals surface area contributed by atoms with Gasteiger partial charge in [0.2, 0.25) is 0 Å². The second-order valence-electron chi connectivity index (χ2n) is 6.37. The number of rotatable bonds is 4. The van der Waals surface area contributed by atoms with Gasteiger partial charge in [0.05, 0.1) is 0 Å². The fourth-order valence-corrected chi connectivity index (χ4v) is 3.38. The molecule has 2 rings (SSSR count). The lowest BCUT2D eigenvalue weighted by molar-refractivity contribution is 0.101. The van der Waals surface area contributed by atoms with Crippen LogP contribution in [-0.4, -0.2) is 18.9 Å². The monoisotopic (exact) mass is 291 g/mol. The van der Waals surface area contributed by atoms with Crippen LogP contribution in [0.5, 0.6) is 0 Å². The molecule has 1 fully saturated rings. The Morgan fingerprint density at radius 3 is 2.43 bits per heavy atom. The van der Waals surface area contributed by atoms with Crippen LogP contribution in [0.4, 0.5) is 10.1 Å².